The Morgan fingerprint density at radius 2 is 2.00 bits per heavy atom. The van der Waals surface area contributed by atoms with Gasteiger partial charge in [-0.05, 0) is 11.6 Å². The first-order chi connectivity index (χ1) is 6.65. The van der Waals surface area contributed by atoms with Crippen molar-refractivity contribution in [2.45, 2.75) is 13.3 Å². The molecule has 0 aromatic heterocycles. The van der Waals surface area contributed by atoms with E-state index in [2.05, 4.69) is 0 Å². The van der Waals surface area contributed by atoms with E-state index in [1.54, 1.807) is 24.3 Å². The standard InChI is InChI=1S/C10H11NO3/c1-7(12)10(13)6-8-4-2-3-5-9(8)11-14/h2-5,11,14H,6H2,1H3. The number of Topliss-reactive ketones (excluding diaryl/α,β-unsaturated/α-hetero) is 2. The van der Waals surface area contributed by atoms with Gasteiger partial charge in [-0.15, -0.1) is 0 Å². The molecule has 0 saturated carbocycles. The molecule has 0 bridgehead atoms. The third kappa shape index (κ3) is 2.40. The Morgan fingerprint density at radius 3 is 2.57 bits per heavy atom. The lowest BCUT2D eigenvalue weighted by molar-refractivity contribution is -0.134. The van der Waals surface area contributed by atoms with Crippen molar-refractivity contribution < 1.29 is 14.8 Å². The number of rotatable bonds is 4. The summed E-state index contributed by atoms with van der Waals surface area (Å²) < 4.78 is 0. The predicted molar refractivity (Wildman–Crippen MR) is 51.2 cm³/mol. The van der Waals surface area contributed by atoms with Gasteiger partial charge in [0.2, 0.25) is 5.78 Å². The minimum absolute atomic E-state index is 0.0130. The number of carbonyl (C=O) groups excluding carboxylic acids is 2. The Bertz CT molecular complexity index is 360. The second-order valence-electron chi connectivity index (χ2n) is 2.93. The van der Waals surface area contributed by atoms with Gasteiger partial charge in [-0.2, -0.15) is 0 Å². The largest absolute Gasteiger partial charge is 0.291 e. The quantitative estimate of drug-likeness (QED) is 0.556. The molecule has 0 saturated heterocycles. The van der Waals surface area contributed by atoms with Gasteiger partial charge in [0.25, 0.3) is 0 Å². The molecule has 2 N–H and O–H groups in total. The molecule has 0 heterocycles. The maximum Gasteiger partial charge on any atom is 0.202 e. The summed E-state index contributed by atoms with van der Waals surface area (Å²) in [5.74, 6) is -0.939. The van der Waals surface area contributed by atoms with E-state index in [0.717, 1.165) is 0 Å². The number of hydrogen-bond donors (Lipinski definition) is 2. The van der Waals surface area contributed by atoms with Crippen molar-refractivity contribution in [3.63, 3.8) is 0 Å². The van der Waals surface area contributed by atoms with Crippen molar-refractivity contribution in [2.24, 2.45) is 0 Å². The molecule has 0 radical (unpaired) electrons. The summed E-state index contributed by atoms with van der Waals surface area (Å²) in [5, 5.41) is 8.72. The van der Waals surface area contributed by atoms with Crippen LogP contribution in [0.25, 0.3) is 0 Å². The highest BCUT2D eigenvalue weighted by atomic mass is 16.5. The van der Waals surface area contributed by atoms with Crippen LogP contribution in [0.4, 0.5) is 5.69 Å². The van der Waals surface area contributed by atoms with Crippen molar-refractivity contribution in [3.8, 4) is 0 Å². The lowest BCUT2D eigenvalue weighted by Crippen LogP contribution is -2.13. The maximum absolute atomic E-state index is 11.1. The van der Waals surface area contributed by atoms with Crippen LogP contribution in [-0.4, -0.2) is 16.8 Å². The average molecular weight is 193 g/mol. The van der Waals surface area contributed by atoms with E-state index in [9.17, 15) is 9.59 Å². The predicted octanol–water partition coefficient (Wildman–Crippen LogP) is 1.19. The van der Waals surface area contributed by atoms with E-state index >= 15 is 0 Å². The summed E-state index contributed by atoms with van der Waals surface area (Å²) in [6.45, 7) is 1.23. The molecule has 14 heavy (non-hydrogen) atoms. The average Bonchev–Trinajstić information content (AvgIpc) is 2.18. The molecule has 0 aliphatic heterocycles. The van der Waals surface area contributed by atoms with Crippen LogP contribution in [0.5, 0.6) is 0 Å². The van der Waals surface area contributed by atoms with E-state index < -0.39 is 11.6 Å². The van der Waals surface area contributed by atoms with Gasteiger partial charge in [-0.1, -0.05) is 18.2 Å². The number of ketones is 2. The van der Waals surface area contributed by atoms with Crippen LogP contribution in [0.15, 0.2) is 24.3 Å². The third-order valence-electron chi connectivity index (χ3n) is 1.88. The minimum atomic E-state index is -0.474. The summed E-state index contributed by atoms with van der Waals surface area (Å²) in [7, 11) is 0. The van der Waals surface area contributed by atoms with E-state index in [1.807, 2.05) is 5.48 Å². The topological polar surface area (TPSA) is 66.4 Å². The van der Waals surface area contributed by atoms with Crippen LogP contribution in [0.3, 0.4) is 0 Å². The second kappa shape index (κ2) is 4.53. The molecular formula is C10H11NO3. The molecule has 4 nitrogen and oxygen atoms in total. The van der Waals surface area contributed by atoms with Gasteiger partial charge in [-0.25, -0.2) is 0 Å². The van der Waals surface area contributed by atoms with Crippen LogP contribution in [0.1, 0.15) is 12.5 Å². The van der Waals surface area contributed by atoms with Gasteiger partial charge >= 0.3 is 0 Å². The minimum Gasteiger partial charge on any atom is -0.291 e. The zero-order valence-corrected chi connectivity index (χ0v) is 7.78. The highest BCUT2D eigenvalue weighted by Gasteiger charge is 2.10. The highest BCUT2D eigenvalue weighted by molar-refractivity contribution is 6.36. The SMILES string of the molecule is CC(=O)C(=O)Cc1ccccc1NO. The number of nitrogens with one attached hydrogen (secondary N) is 1. The van der Waals surface area contributed by atoms with Crippen molar-refractivity contribution in [3.05, 3.63) is 29.8 Å². The number of hydrogen-bond acceptors (Lipinski definition) is 4. The van der Waals surface area contributed by atoms with Crippen molar-refractivity contribution in [1.82, 2.24) is 0 Å². The molecule has 0 aliphatic rings. The normalized spacial score (nSPS) is 9.57. The summed E-state index contributed by atoms with van der Waals surface area (Å²) in [6, 6.07) is 6.77. The van der Waals surface area contributed by atoms with Gasteiger partial charge < -0.3 is 0 Å². The zero-order valence-electron chi connectivity index (χ0n) is 7.78. The lowest BCUT2D eigenvalue weighted by Gasteiger charge is -2.05. The molecule has 74 valence electrons. The molecule has 1 aromatic carbocycles. The fraction of sp³-hybridized carbons (Fsp3) is 0.200. The lowest BCUT2D eigenvalue weighted by atomic mass is 10.1. The fourth-order valence-corrected chi connectivity index (χ4v) is 1.08. The first-order valence-electron chi connectivity index (χ1n) is 4.17. The molecule has 4 heteroatoms. The monoisotopic (exact) mass is 193 g/mol. The molecule has 0 unspecified atom stereocenters. The number of benzene rings is 1. The van der Waals surface area contributed by atoms with Crippen LogP contribution in [0, 0.1) is 0 Å². The van der Waals surface area contributed by atoms with Crippen molar-refractivity contribution >= 4 is 17.3 Å². The van der Waals surface area contributed by atoms with E-state index in [4.69, 9.17) is 5.21 Å². The molecule has 0 aliphatic carbocycles. The first kappa shape index (κ1) is 10.4. The fourth-order valence-electron chi connectivity index (χ4n) is 1.08. The zero-order chi connectivity index (χ0) is 10.6. The molecule has 0 atom stereocenters. The number of anilines is 1. The molecule has 0 spiro atoms. The van der Waals surface area contributed by atoms with Crippen LogP contribution in [0.2, 0.25) is 0 Å². The van der Waals surface area contributed by atoms with E-state index in [-0.39, 0.29) is 6.42 Å². The first-order valence-corrected chi connectivity index (χ1v) is 4.17. The van der Waals surface area contributed by atoms with E-state index in [0.29, 0.717) is 11.3 Å². The van der Waals surface area contributed by atoms with Crippen molar-refractivity contribution in [2.75, 3.05) is 5.48 Å². The molecule has 0 fully saturated rings. The summed E-state index contributed by atoms with van der Waals surface area (Å²) >= 11 is 0. The Morgan fingerprint density at radius 1 is 1.36 bits per heavy atom. The molecule has 1 rings (SSSR count). The third-order valence-corrected chi connectivity index (χ3v) is 1.88. The van der Waals surface area contributed by atoms with E-state index in [1.165, 1.54) is 6.92 Å². The highest BCUT2D eigenvalue weighted by Crippen LogP contribution is 2.14. The smallest absolute Gasteiger partial charge is 0.202 e. The van der Waals surface area contributed by atoms with Crippen LogP contribution in [-0.2, 0) is 16.0 Å². The number of carbonyl (C=O) groups is 2. The van der Waals surface area contributed by atoms with Gasteiger partial charge in [0.1, 0.15) is 0 Å². The second-order valence-corrected chi connectivity index (χ2v) is 2.93. The maximum atomic E-state index is 11.1. The molecule has 1 aromatic rings. The summed E-state index contributed by atoms with van der Waals surface area (Å²) in [6.07, 6.45) is 0.0130. The van der Waals surface area contributed by atoms with Crippen molar-refractivity contribution in [1.29, 1.82) is 0 Å². The molecule has 0 amide bonds. The van der Waals surface area contributed by atoms with Crippen LogP contribution < -0.4 is 5.48 Å². The van der Waals surface area contributed by atoms with Crippen LogP contribution >= 0.6 is 0 Å². The summed E-state index contributed by atoms with van der Waals surface area (Å²) in [4.78, 5) is 21.8. The van der Waals surface area contributed by atoms with Gasteiger partial charge in [0.05, 0.1) is 5.69 Å². The Kier molecular flexibility index (Phi) is 3.36. The van der Waals surface area contributed by atoms with Gasteiger partial charge in [0.15, 0.2) is 5.78 Å². The van der Waals surface area contributed by atoms with Gasteiger partial charge in [0, 0.05) is 13.3 Å². The summed E-state index contributed by atoms with van der Waals surface area (Å²) in [5.41, 5.74) is 3.03. The molecular weight excluding hydrogens is 182 g/mol. The van der Waals surface area contributed by atoms with Gasteiger partial charge in [-0.3, -0.25) is 20.3 Å². The Hall–Kier alpha value is -1.68. The Balaban J connectivity index is 2.85. The number of para-hydroxylation sites is 1. The Labute approximate surface area is 81.5 Å².